The molecule has 0 saturated heterocycles. The third-order valence-corrected chi connectivity index (χ3v) is 6.04. The third-order valence-electron chi connectivity index (χ3n) is 4.37. The Morgan fingerprint density at radius 3 is 2.18 bits per heavy atom. The van der Waals surface area contributed by atoms with E-state index in [0.717, 1.165) is 0 Å². The van der Waals surface area contributed by atoms with E-state index in [1.807, 2.05) is 0 Å². The topological polar surface area (TPSA) is 137 Å². The van der Waals surface area contributed by atoms with Gasteiger partial charge in [-0.05, 0) is 66.7 Å². The summed E-state index contributed by atoms with van der Waals surface area (Å²) in [5.74, 6) is -0.320. The van der Waals surface area contributed by atoms with Crippen molar-refractivity contribution in [2.45, 2.75) is 4.90 Å². The molecule has 0 heterocycles. The number of amides is 2. The van der Waals surface area contributed by atoms with Crippen molar-refractivity contribution in [1.82, 2.24) is 0 Å². The summed E-state index contributed by atoms with van der Waals surface area (Å²) < 4.78 is 38.1. The van der Waals surface area contributed by atoms with Crippen LogP contribution in [0.15, 0.2) is 71.6 Å². The Bertz CT molecular complexity index is 1260. The molecule has 11 heteroatoms. The Morgan fingerprint density at radius 1 is 0.970 bits per heavy atom. The molecule has 33 heavy (non-hydrogen) atoms. The molecule has 0 aliphatic carbocycles. The Hall–Kier alpha value is -3.76. The van der Waals surface area contributed by atoms with Gasteiger partial charge < -0.3 is 20.5 Å². The minimum absolute atomic E-state index is 0.0196. The van der Waals surface area contributed by atoms with E-state index >= 15 is 0 Å². The van der Waals surface area contributed by atoms with Gasteiger partial charge in [-0.25, -0.2) is 8.42 Å². The monoisotopic (exact) mass is 489 g/mol. The molecule has 0 aliphatic heterocycles. The summed E-state index contributed by atoms with van der Waals surface area (Å²) in [5, 5.41) is 2.61. The van der Waals surface area contributed by atoms with E-state index in [-0.39, 0.29) is 22.3 Å². The van der Waals surface area contributed by atoms with Crippen molar-refractivity contribution in [2.24, 2.45) is 5.73 Å². The maximum Gasteiger partial charge on any atom is 0.262 e. The number of hydrogen-bond donors (Lipinski definition) is 3. The summed E-state index contributed by atoms with van der Waals surface area (Å²) >= 11 is 6.16. The summed E-state index contributed by atoms with van der Waals surface area (Å²) in [5.41, 5.74) is 6.29. The second-order valence-electron chi connectivity index (χ2n) is 6.70. The average molecular weight is 490 g/mol. The maximum atomic E-state index is 12.6. The number of nitrogens with one attached hydrogen (secondary N) is 2. The number of anilines is 2. The molecule has 0 spiro atoms. The largest absolute Gasteiger partial charge is 0.497 e. The van der Waals surface area contributed by atoms with Crippen LogP contribution in [0.2, 0.25) is 5.02 Å². The number of benzene rings is 3. The summed E-state index contributed by atoms with van der Waals surface area (Å²) in [6.07, 6.45) is 0. The first-order chi connectivity index (χ1) is 15.7. The van der Waals surface area contributed by atoms with Gasteiger partial charge in [-0.1, -0.05) is 11.6 Å². The number of nitrogens with two attached hydrogens (primary N) is 1. The first-order valence-corrected chi connectivity index (χ1v) is 11.3. The molecule has 0 aromatic heterocycles. The number of sulfonamides is 1. The minimum Gasteiger partial charge on any atom is -0.497 e. The second kappa shape index (κ2) is 10.2. The molecule has 3 aromatic rings. The molecule has 172 valence electrons. The van der Waals surface area contributed by atoms with Gasteiger partial charge in [0, 0.05) is 16.9 Å². The van der Waals surface area contributed by atoms with Crippen LogP contribution in [0.3, 0.4) is 0 Å². The minimum atomic E-state index is -3.90. The molecule has 0 unspecified atom stereocenters. The number of primary amides is 1. The van der Waals surface area contributed by atoms with Crippen molar-refractivity contribution in [3.63, 3.8) is 0 Å². The lowest BCUT2D eigenvalue weighted by Crippen LogP contribution is -2.20. The normalized spacial score (nSPS) is 10.8. The van der Waals surface area contributed by atoms with E-state index in [4.69, 9.17) is 26.8 Å². The van der Waals surface area contributed by atoms with Crippen LogP contribution in [0.4, 0.5) is 11.4 Å². The standard InChI is InChI=1S/C22H20ClN3O6S/c1-31-17-8-6-16(7-9-17)26-33(29,30)18-10-11-20(19(23)12-18)32-13-21(27)25-15-4-2-14(3-5-15)22(24)28/h2-12,26H,13H2,1H3,(H2,24,28)(H,25,27). The van der Waals surface area contributed by atoms with E-state index in [1.54, 1.807) is 24.3 Å². The second-order valence-corrected chi connectivity index (χ2v) is 8.79. The molecule has 3 aromatic carbocycles. The van der Waals surface area contributed by atoms with E-state index in [0.29, 0.717) is 22.7 Å². The summed E-state index contributed by atoms with van der Waals surface area (Å²) in [4.78, 5) is 23.1. The highest BCUT2D eigenvalue weighted by molar-refractivity contribution is 7.92. The number of rotatable bonds is 9. The van der Waals surface area contributed by atoms with Crippen LogP contribution in [-0.4, -0.2) is 33.9 Å². The Labute approximate surface area is 195 Å². The number of carbonyl (C=O) groups excluding carboxylic acids is 2. The quantitative estimate of drug-likeness (QED) is 0.422. The molecule has 4 N–H and O–H groups in total. The van der Waals surface area contributed by atoms with Crippen LogP contribution in [0.25, 0.3) is 0 Å². The zero-order chi connectivity index (χ0) is 24.0. The number of ether oxygens (including phenoxy) is 2. The fraction of sp³-hybridized carbons (Fsp3) is 0.0909. The van der Waals surface area contributed by atoms with Crippen molar-refractivity contribution >= 4 is 44.8 Å². The first kappa shape index (κ1) is 23.9. The highest BCUT2D eigenvalue weighted by Crippen LogP contribution is 2.28. The highest BCUT2D eigenvalue weighted by atomic mass is 35.5. The predicted molar refractivity (Wildman–Crippen MR) is 124 cm³/mol. The summed E-state index contributed by atoms with van der Waals surface area (Å²) in [6, 6.07) is 16.3. The molecular weight excluding hydrogens is 470 g/mol. The molecule has 3 rings (SSSR count). The first-order valence-electron chi connectivity index (χ1n) is 9.47. The van der Waals surface area contributed by atoms with Crippen LogP contribution in [-0.2, 0) is 14.8 Å². The van der Waals surface area contributed by atoms with E-state index in [1.165, 1.54) is 49.6 Å². The van der Waals surface area contributed by atoms with Crippen LogP contribution in [0, 0.1) is 0 Å². The van der Waals surface area contributed by atoms with E-state index in [9.17, 15) is 18.0 Å². The lowest BCUT2D eigenvalue weighted by atomic mass is 10.2. The number of carbonyl (C=O) groups is 2. The number of hydrogen-bond acceptors (Lipinski definition) is 6. The van der Waals surface area contributed by atoms with Gasteiger partial charge in [-0.2, -0.15) is 0 Å². The number of halogens is 1. The molecule has 0 radical (unpaired) electrons. The Kier molecular flexibility index (Phi) is 7.41. The molecule has 0 aliphatic rings. The molecule has 0 saturated carbocycles. The van der Waals surface area contributed by atoms with Gasteiger partial charge in [0.1, 0.15) is 11.5 Å². The zero-order valence-electron chi connectivity index (χ0n) is 17.4. The lowest BCUT2D eigenvalue weighted by molar-refractivity contribution is -0.118. The maximum absolute atomic E-state index is 12.6. The SMILES string of the molecule is COc1ccc(NS(=O)(=O)c2ccc(OCC(=O)Nc3ccc(C(N)=O)cc3)c(Cl)c2)cc1. The highest BCUT2D eigenvalue weighted by Gasteiger charge is 2.17. The van der Waals surface area contributed by atoms with Gasteiger partial charge in [0.15, 0.2) is 6.61 Å². The Balaban J connectivity index is 1.61. The molecule has 0 bridgehead atoms. The lowest BCUT2D eigenvalue weighted by Gasteiger charge is -2.12. The van der Waals surface area contributed by atoms with E-state index < -0.39 is 21.8 Å². The predicted octanol–water partition coefficient (Wildman–Crippen LogP) is 3.27. The number of methoxy groups -OCH3 is 1. The van der Waals surface area contributed by atoms with Gasteiger partial charge in [0.2, 0.25) is 5.91 Å². The van der Waals surface area contributed by atoms with Crippen molar-refractivity contribution in [2.75, 3.05) is 23.8 Å². The van der Waals surface area contributed by atoms with Gasteiger partial charge in [-0.15, -0.1) is 0 Å². The van der Waals surface area contributed by atoms with E-state index in [2.05, 4.69) is 10.0 Å². The van der Waals surface area contributed by atoms with Gasteiger partial charge in [0.25, 0.3) is 15.9 Å². The Morgan fingerprint density at radius 2 is 1.61 bits per heavy atom. The molecule has 9 nitrogen and oxygen atoms in total. The fourth-order valence-electron chi connectivity index (χ4n) is 2.70. The van der Waals surface area contributed by atoms with Crippen LogP contribution in [0.5, 0.6) is 11.5 Å². The fourth-order valence-corrected chi connectivity index (χ4v) is 4.08. The molecule has 2 amide bonds. The molecular formula is C22H20ClN3O6S. The third kappa shape index (κ3) is 6.37. The van der Waals surface area contributed by atoms with Gasteiger partial charge >= 0.3 is 0 Å². The van der Waals surface area contributed by atoms with Gasteiger partial charge in [0.05, 0.1) is 17.0 Å². The summed E-state index contributed by atoms with van der Waals surface area (Å²) in [6.45, 7) is -0.368. The van der Waals surface area contributed by atoms with Crippen molar-refractivity contribution in [1.29, 1.82) is 0 Å². The average Bonchev–Trinajstić information content (AvgIpc) is 2.79. The molecule has 0 atom stereocenters. The zero-order valence-corrected chi connectivity index (χ0v) is 18.9. The van der Waals surface area contributed by atoms with Crippen molar-refractivity contribution < 1.29 is 27.5 Å². The van der Waals surface area contributed by atoms with Crippen LogP contribution >= 0.6 is 11.6 Å². The van der Waals surface area contributed by atoms with Gasteiger partial charge in [-0.3, -0.25) is 14.3 Å². The van der Waals surface area contributed by atoms with Crippen LogP contribution in [0.1, 0.15) is 10.4 Å². The van der Waals surface area contributed by atoms with Crippen LogP contribution < -0.4 is 25.2 Å². The van der Waals surface area contributed by atoms with Crippen molar-refractivity contribution in [3.05, 3.63) is 77.3 Å². The van der Waals surface area contributed by atoms with Crippen molar-refractivity contribution in [3.8, 4) is 11.5 Å². The summed E-state index contributed by atoms with van der Waals surface area (Å²) in [7, 11) is -2.39. The smallest absolute Gasteiger partial charge is 0.262 e. The molecule has 0 fully saturated rings.